The molecule has 0 aliphatic carbocycles. The van der Waals surface area contributed by atoms with Gasteiger partial charge in [0, 0.05) is 6.54 Å². The number of hydrogen-bond acceptors (Lipinski definition) is 3. The van der Waals surface area contributed by atoms with Crippen LogP contribution in [0.15, 0.2) is 0 Å². The molecule has 2 atom stereocenters. The van der Waals surface area contributed by atoms with Crippen LogP contribution in [0.5, 0.6) is 0 Å². The summed E-state index contributed by atoms with van der Waals surface area (Å²) in [6.45, 7) is 8.25. The summed E-state index contributed by atoms with van der Waals surface area (Å²) in [5, 5.41) is 9.26. The molecule has 1 rings (SSSR count). The summed E-state index contributed by atoms with van der Waals surface area (Å²) in [7, 11) is 0. The van der Waals surface area contributed by atoms with Crippen molar-refractivity contribution in [3.63, 3.8) is 0 Å². The topological polar surface area (TPSA) is 60.9 Å². The van der Waals surface area contributed by atoms with Crippen molar-refractivity contribution in [3.05, 3.63) is 0 Å². The van der Waals surface area contributed by atoms with Crippen LogP contribution < -0.4 is 0 Å². The number of nitrogens with zero attached hydrogens (tertiary/aromatic N) is 2. The second-order valence-electron chi connectivity index (χ2n) is 5.03. The summed E-state index contributed by atoms with van der Waals surface area (Å²) >= 11 is 0. The molecule has 1 N–H and O–H groups in total. The van der Waals surface area contributed by atoms with E-state index in [9.17, 15) is 14.7 Å². The van der Waals surface area contributed by atoms with E-state index in [1.54, 1.807) is 4.90 Å². The van der Waals surface area contributed by atoms with E-state index < -0.39 is 12.0 Å². The van der Waals surface area contributed by atoms with Gasteiger partial charge in [-0.2, -0.15) is 0 Å². The van der Waals surface area contributed by atoms with Crippen molar-refractivity contribution in [2.45, 2.75) is 58.5 Å². The lowest BCUT2D eigenvalue weighted by molar-refractivity contribution is -0.154. The van der Waals surface area contributed by atoms with Gasteiger partial charge in [-0.05, 0) is 38.8 Å². The third-order valence-corrected chi connectivity index (χ3v) is 4.00. The lowest BCUT2D eigenvalue weighted by Crippen LogP contribution is -2.55. The Kier molecular flexibility index (Phi) is 6.28. The van der Waals surface area contributed by atoms with Crippen molar-refractivity contribution < 1.29 is 14.7 Å². The molecule has 2 unspecified atom stereocenters. The van der Waals surface area contributed by atoms with Gasteiger partial charge in [-0.15, -0.1) is 0 Å². The van der Waals surface area contributed by atoms with Crippen LogP contribution in [0, 0.1) is 0 Å². The fourth-order valence-electron chi connectivity index (χ4n) is 2.90. The van der Waals surface area contributed by atoms with Gasteiger partial charge in [-0.25, -0.2) is 4.79 Å². The van der Waals surface area contributed by atoms with E-state index in [1.165, 1.54) is 0 Å². The van der Waals surface area contributed by atoms with Gasteiger partial charge in [-0.1, -0.05) is 20.8 Å². The molecular formula is C14H26N2O3. The second kappa shape index (κ2) is 7.48. The molecule has 5 heteroatoms. The Morgan fingerprint density at radius 3 is 2.37 bits per heavy atom. The van der Waals surface area contributed by atoms with Crippen LogP contribution >= 0.6 is 0 Å². The van der Waals surface area contributed by atoms with Crippen LogP contribution in [-0.2, 0) is 9.59 Å². The van der Waals surface area contributed by atoms with Gasteiger partial charge in [0.15, 0.2) is 0 Å². The zero-order valence-corrected chi connectivity index (χ0v) is 12.3. The first kappa shape index (κ1) is 16.0. The Morgan fingerprint density at radius 2 is 1.89 bits per heavy atom. The van der Waals surface area contributed by atoms with Crippen LogP contribution in [0.1, 0.15) is 46.5 Å². The minimum Gasteiger partial charge on any atom is -0.480 e. The van der Waals surface area contributed by atoms with E-state index in [2.05, 4.69) is 4.90 Å². The first-order valence-corrected chi connectivity index (χ1v) is 7.34. The smallest absolute Gasteiger partial charge is 0.326 e. The van der Waals surface area contributed by atoms with Gasteiger partial charge in [0.1, 0.15) is 6.04 Å². The molecule has 1 amide bonds. The maximum atomic E-state index is 12.6. The molecule has 0 radical (unpaired) electrons. The number of likely N-dealkylation sites (N-methyl/N-ethyl adjacent to an activating group) is 1. The fourth-order valence-corrected chi connectivity index (χ4v) is 2.90. The number of carbonyl (C=O) groups is 2. The molecule has 0 bridgehead atoms. The number of hydrogen-bond donors (Lipinski definition) is 1. The van der Waals surface area contributed by atoms with E-state index in [0.29, 0.717) is 13.0 Å². The van der Waals surface area contributed by atoms with Gasteiger partial charge < -0.3 is 10.0 Å². The molecule has 1 fully saturated rings. The highest BCUT2D eigenvalue weighted by molar-refractivity contribution is 5.87. The number of carboxylic acids is 1. The average Bonchev–Trinajstić information content (AvgIpc) is 2.43. The van der Waals surface area contributed by atoms with Crippen LogP contribution in [0.2, 0.25) is 0 Å². The minimum absolute atomic E-state index is 0.0155. The van der Waals surface area contributed by atoms with Crippen molar-refractivity contribution in [3.8, 4) is 0 Å². The third-order valence-electron chi connectivity index (χ3n) is 4.00. The van der Waals surface area contributed by atoms with Crippen LogP contribution in [-0.4, -0.2) is 58.5 Å². The summed E-state index contributed by atoms with van der Waals surface area (Å²) in [5.74, 6) is -0.888. The predicted octanol–water partition coefficient (Wildman–Crippen LogP) is 1.57. The van der Waals surface area contributed by atoms with Crippen molar-refractivity contribution in [2.75, 3.05) is 19.6 Å². The summed E-state index contributed by atoms with van der Waals surface area (Å²) < 4.78 is 0. The Balaban J connectivity index is 2.85. The van der Waals surface area contributed by atoms with E-state index in [4.69, 9.17) is 0 Å². The molecule has 5 nitrogen and oxygen atoms in total. The highest BCUT2D eigenvalue weighted by atomic mass is 16.4. The maximum absolute atomic E-state index is 12.6. The number of carboxylic acid groups (broad SMARTS) is 1. The molecule has 110 valence electrons. The van der Waals surface area contributed by atoms with Gasteiger partial charge in [0.25, 0.3) is 0 Å². The number of piperidine rings is 1. The molecule has 1 aliphatic rings. The zero-order chi connectivity index (χ0) is 14.4. The van der Waals surface area contributed by atoms with E-state index in [1.807, 2.05) is 20.8 Å². The van der Waals surface area contributed by atoms with Crippen LogP contribution in [0.4, 0.5) is 0 Å². The summed E-state index contributed by atoms with van der Waals surface area (Å²) in [5.41, 5.74) is 0. The van der Waals surface area contributed by atoms with Crippen molar-refractivity contribution in [2.24, 2.45) is 0 Å². The number of amides is 1. The molecule has 0 saturated carbocycles. The first-order valence-electron chi connectivity index (χ1n) is 7.34. The molecular weight excluding hydrogens is 244 g/mol. The minimum atomic E-state index is -0.873. The molecule has 1 aliphatic heterocycles. The molecule has 1 saturated heterocycles. The quantitative estimate of drug-likeness (QED) is 0.796. The summed E-state index contributed by atoms with van der Waals surface area (Å²) in [4.78, 5) is 27.6. The molecule has 0 aromatic heterocycles. The number of rotatable bonds is 6. The summed E-state index contributed by atoms with van der Waals surface area (Å²) in [6, 6.07) is -0.819. The summed E-state index contributed by atoms with van der Waals surface area (Å²) in [6.07, 6.45) is 3.10. The van der Waals surface area contributed by atoms with E-state index >= 15 is 0 Å². The highest BCUT2D eigenvalue weighted by Crippen LogP contribution is 2.20. The Hall–Kier alpha value is -1.10. The Bertz CT molecular complexity index is 316. The predicted molar refractivity (Wildman–Crippen MR) is 74.0 cm³/mol. The standard InChI is InChI=1S/C14H26N2O3/c1-4-11(15(5-2)6-3)13(17)16-10-8-7-9-12(16)14(18)19/h11-12H,4-10H2,1-3H3,(H,18,19). The molecule has 0 spiro atoms. The highest BCUT2D eigenvalue weighted by Gasteiger charge is 2.36. The SMILES string of the molecule is CCC(C(=O)N1CCCCC1C(=O)O)N(CC)CC. The molecule has 0 aromatic carbocycles. The fraction of sp³-hybridized carbons (Fsp3) is 0.857. The molecule has 1 heterocycles. The average molecular weight is 270 g/mol. The maximum Gasteiger partial charge on any atom is 0.326 e. The van der Waals surface area contributed by atoms with Crippen LogP contribution in [0.3, 0.4) is 0 Å². The van der Waals surface area contributed by atoms with E-state index in [-0.39, 0.29) is 11.9 Å². The van der Waals surface area contributed by atoms with Gasteiger partial charge in [0.05, 0.1) is 6.04 Å². The lowest BCUT2D eigenvalue weighted by Gasteiger charge is -2.38. The number of likely N-dealkylation sites (tertiary alicyclic amines) is 1. The first-order chi connectivity index (χ1) is 9.06. The van der Waals surface area contributed by atoms with Gasteiger partial charge in [-0.3, -0.25) is 9.69 Å². The second-order valence-corrected chi connectivity index (χ2v) is 5.03. The van der Waals surface area contributed by atoms with Gasteiger partial charge in [0.2, 0.25) is 5.91 Å². The zero-order valence-electron chi connectivity index (χ0n) is 12.3. The van der Waals surface area contributed by atoms with Crippen LogP contribution in [0.25, 0.3) is 0 Å². The monoisotopic (exact) mass is 270 g/mol. The third kappa shape index (κ3) is 3.69. The molecule has 0 aromatic rings. The normalized spacial score (nSPS) is 21.5. The number of carbonyl (C=O) groups excluding carboxylic acids is 1. The Morgan fingerprint density at radius 1 is 1.26 bits per heavy atom. The molecule has 19 heavy (non-hydrogen) atoms. The van der Waals surface area contributed by atoms with Crippen molar-refractivity contribution >= 4 is 11.9 Å². The largest absolute Gasteiger partial charge is 0.480 e. The number of aliphatic carboxylic acids is 1. The van der Waals surface area contributed by atoms with Gasteiger partial charge >= 0.3 is 5.97 Å². The lowest BCUT2D eigenvalue weighted by atomic mass is 10.00. The van der Waals surface area contributed by atoms with E-state index in [0.717, 1.165) is 32.4 Å². The van der Waals surface area contributed by atoms with Crippen molar-refractivity contribution in [1.82, 2.24) is 9.80 Å². The van der Waals surface area contributed by atoms with Crippen molar-refractivity contribution in [1.29, 1.82) is 0 Å². The Labute approximate surface area is 115 Å².